The van der Waals surface area contributed by atoms with E-state index in [4.69, 9.17) is 9.47 Å². The Balaban J connectivity index is 1.07. The standard InChI is InChI=1S/C44H44N2O7/c1-2-3-4-5-9-28-52-38-26-20-36(21-27-38)44(51)53-39-24-14-31(15-25-39)29-40(43(49)50)46-42(48)35-18-22-37(23-19-35)45-41(47)30-32-12-16-34(17-13-32)33-10-7-6-8-11-33/h6-8,10-27,40H,2-5,9,28-30H2,1H3,(H,45,47)(H,46,48)(H,49,50). The Labute approximate surface area is 310 Å². The Morgan fingerprint density at radius 1 is 0.642 bits per heavy atom. The number of ether oxygens (including phenoxy) is 2. The number of carbonyl (C=O) groups is 4. The van der Waals surface area contributed by atoms with Crippen LogP contribution < -0.4 is 20.1 Å². The monoisotopic (exact) mass is 712 g/mol. The van der Waals surface area contributed by atoms with Crippen molar-refractivity contribution >= 4 is 29.4 Å². The zero-order chi connectivity index (χ0) is 37.4. The highest BCUT2D eigenvalue weighted by Gasteiger charge is 2.21. The van der Waals surface area contributed by atoms with Crippen LogP contribution in [0.4, 0.5) is 5.69 Å². The molecule has 5 rings (SSSR count). The second kappa shape index (κ2) is 19.4. The minimum atomic E-state index is -1.21. The predicted molar refractivity (Wildman–Crippen MR) is 205 cm³/mol. The number of aliphatic carboxylic acids is 1. The summed E-state index contributed by atoms with van der Waals surface area (Å²) in [6.45, 7) is 2.81. The van der Waals surface area contributed by atoms with Crippen molar-refractivity contribution in [3.8, 4) is 22.6 Å². The van der Waals surface area contributed by atoms with Gasteiger partial charge < -0.3 is 25.2 Å². The van der Waals surface area contributed by atoms with Crippen LogP contribution in [0.2, 0.25) is 0 Å². The third kappa shape index (κ3) is 11.9. The van der Waals surface area contributed by atoms with E-state index >= 15 is 0 Å². The van der Waals surface area contributed by atoms with Gasteiger partial charge in [0.15, 0.2) is 0 Å². The van der Waals surface area contributed by atoms with Crippen molar-refractivity contribution in [2.45, 2.75) is 57.9 Å². The first-order chi connectivity index (χ1) is 25.8. The summed E-state index contributed by atoms with van der Waals surface area (Å²) in [7, 11) is 0. The number of carboxylic acids is 1. The van der Waals surface area contributed by atoms with Gasteiger partial charge in [0.2, 0.25) is 5.91 Å². The molecule has 3 N–H and O–H groups in total. The molecular weight excluding hydrogens is 668 g/mol. The van der Waals surface area contributed by atoms with Gasteiger partial charge in [-0.25, -0.2) is 9.59 Å². The van der Waals surface area contributed by atoms with Crippen molar-refractivity contribution in [2.75, 3.05) is 11.9 Å². The lowest BCUT2D eigenvalue weighted by molar-refractivity contribution is -0.139. The van der Waals surface area contributed by atoms with Crippen LogP contribution in [-0.2, 0) is 22.4 Å². The first kappa shape index (κ1) is 38.0. The Hall–Kier alpha value is -6.22. The maximum atomic E-state index is 13.0. The van der Waals surface area contributed by atoms with Crippen LogP contribution >= 0.6 is 0 Å². The molecule has 0 aliphatic heterocycles. The molecule has 0 saturated heterocycles. The number of carboxylic acid groups (broad SMARTS) is 1. The van der Waals surface area contributed by atoms with Gasteiger partial charge >= 0.3 is 11.9 Å². The van der Waals surface area contributed by atoms with Crippen molar-refractivity contribution in [1.29, 1.82) is 0 Å². The summed E-state index contributed by atoms with van der Waals surface area (Å²) in [5.74, 6) is -1.50. The van der Waals surface area contributed by atoms with E-state index in [-0.39, 0.29) is 24.3 Å². The van der Waals surface area contributed by atoms with Crippen LogP contribution in [0.3, 0.4) is 0 Å². The molecule has 0 bridgehead atoms. The molecule has 272 valence electrons. The van der Waals surface area contributed by atoms with Crippen molar-refractivity contribution < 1.29 is 33.8 Å². The second-order valence-corrected chi connectivity index (χ2v) is 12.8. The summed E-state index contributed by atoms with van der Waals surface area (Å²) in [6, 6.07) is 36.1. The van der Waals surface area contributed by atoms with Crippen molar-refractivity contribution in [2.24, 2.45) is 0 Å². The average Bonchev–Trinajstić information content (AvgIpc) is 3.17. The predicted octanol–water partition coefficient (Wildman–Crippen LogP) is 8.53. The van der Waals surface area contributed by atoms with Gasteiger partial charge in [0.05, 0.1) is 18.6 Å². The number of rotatable bonds is 18. The van der Waals surface area contributed by atoms with E-state index in [0.717, 1.165) is 29.5 Å². The average molecular weight is 713 g/mol. The molecule has 0 spiro atoms. The maximum absolute atomic E-state index is 13.0. The number of anilines is 1. The third-order valence-corrected chi connectivity index (χ3v) is 8.64. The van der Waals surface area contributed by atoms with Crippen molar-refractivity contribution in [3.05, 3.63) is 150 Å². The third-order valence-electron chi connectivity index (χ3n) is 8.64. The number of benzene rings is 5. The fourth-order valence-corrected chi connectivity index (χ4v) is 5.66. The maximum Gasteiger partial charge on any atom is 0.343 e. The topological polar surface area (TPSA) is 131 Å². The number of hydrogen-bond acceptors (Lipinski definition) is 6. The minimum Gasteiger partial charge on any atom is -0.494 e. The summed E-state index contributed by atoms with van der Waals surface area (Å²) < 4.78 is 11.3. The van der Waals surface area contributed by atoms with Gasteiger partial charge in [0.1, 0.15) is 17.5 Å². The van der Waals surface area contributed by atoms with Crippen LogP contribution in [0.15, 0.2) is 127 Å². The lowest BCUT2D eigenvalue weighted by Crippen LogP contribution is -2.42. The van der Waals surface area contributed by atoms with Crippen LogP contribution in [0.25, 0.3) is 11.1 Å². The SMILES string of the molecule is CCCCCCCOc1ccc(C(=O)Oc2ccc(CC(NC(=O)c3ccc(NC(=O)Cc4ccc(-c5ccccc5)cc4)cc3)C(=O)O)cc2)cc1. The summed E-state index contributed by atoms with van der Waals surface area (Å²) in [4.78, 5) is 50.4. The van der Waals surface area contributed by atoms with Crippen molar-refractivity contribution in [3.63, 3.8) is 0 Å². The van der Waals surface area contributed by atoms with Gasteiger partial charge in [0, 0.05) is 17.7 Å². The Morgan fingerprint density at radius 2 is 1.25 bits per heavy atom. The normalized spacial score (nSPS) is 11.3. The highest BCUT2D eigenvalue weighted by atomic mass is 16.5. The van der Waals surface area contributed by atoms with Crippen molar-refractivity contribution in [1.82, 2.24) is 5.32 Å². The van der Waals surface area contributed by atoms with E-state index in [1.807, 2.05) is 54.6 Å². The molecule has 5 aromatic rings. The molecule has 1 atom stereocenters. The highest BCUT2D eigenvalue weighted by molar-refractivity contribution is 5.98. The largest absolute Gasteiger partial charge is 0.494 e. The Morgan fingerprint density at radius 3 is 1.91 bits per heavy atom. The molecule has 0 aliphatic rings. The number of unbranched alkanes of at least 4 members (excludes halogenated alkanes) is 4. The number of nitrogens with one attached hydrogen (secondary N) is 2. The Kier molecular flexibility index (Phi) is 13.9. The van der Waals surface area contributed by atoms with Crippen LogP contribution in [0.5, 0.6) is 11.5 Å². The van der Waals surface area contributed by atoms with E-state index in [1.54, 1.807) is 60.7 Å². The lowest BCUT2D eigenvalue weighted by atomic mass is 10.0. The van der Waals surface area contributed by atoms with Crippen LogP contribution in [0, 0.1) is 0 Å². The fourth-order valence-electron chi connectivity index (χ4n) is 5.66. The van der Waals surface area contributed by atoms with Gasteiger partial charge in [0.25, 0.3) is 5.91 Å². The molecule has 0 radical (unpaired) electrons. The summed E-state index contributed by atoms with van der Waals surface area (Å²) in [5, 5.41) is 15.2. The molecule has 53 heavy (non-hydrogen) atoms. The smallest absolute Gasteiger partial charge is 0.343 e. The highest BCUT2D eigenvalue weighted by Crippen LogP contribution is 2.21. The first-order valence-electron chi connectivity index (χ1n) is 17.9. The van der Waals surface area contributed by atoms with Crippen LogP contribution in [-0.4, -0.2) is 41.5 Å². The zero-order valence-electron chi connectivity index (χ0n) is 29.8. The first-order valence-corrected chi connectivity index (χ1v) is 17.9. The molecule has 0 aliphatic carbocycles. The summed E-state index contributed by atoms with van der Waals surface area (Å²) in [5.41, 5.74) is 4.79. The van der Waals surface area contributed by atoms with Gasteiger partial charge in [-0.05, 0) is 89.3 Å². The van der Waals surface area contributed by atoms with E-state index in [2.05, 4.69) is 17.6 Å². The molecular formula is C44H44N2O7. The summed E-state index contributed by atoms with van der Waals surface area (Å²) in [6.07, 6.45) is 5.95. The Bertz CT molecular complexity index is 1940. The number of esters is 1. The summed E-state index contributed by atoms with van der Waals surface area (Å²) >= 11 is 0. The van der Waals surface area contributed by atoms with Gasteiger partial charge in [-0.15, -0.1) is 0 Å². The molecule has 0 heterocycles. The minimum absolute atomic E-state index is 0.00976. The van der Waals surface area contributed by atoms with Gasteiger partial charge in [-0.2, -0.15) is 0 Å². The van der Waals surface area contributed by atoms with Crippen LogP contribution in [0.1, 0.15) is 70.9 Å². The van der Waals surface area contributed by atoms with Gasteiger partial charge in [-0.1, -0.05) is 99.3 Å². The van der Waals surface area contributed by atoms with E-state index in [1.165, 1.54) is 31.4 Å². The molecule has 0 saturated carbocycles. The zero-order valence-corrected chi connectivity index (χ0v) is 29.8. The lowest BCUT2D eigenvalue weighted by Gasteiger charge is -2.15. The molecule has 1 unspecified atom stereocenters. The molecule has 0 aromatic heterocycles. The molecule has 2 amide bonds. The second-order valence-electron chi connectivity index (χ2n) is 12.8. The van der Waals surface area contributed by atoms with E-state index < -0.39 is 23.9 Å². The molecule has 9 heteroatoms. The number of amides is 2. The van der Waals surface area contributed by atoms with Gasteiger partial charge in [-0.3, -0.25) is 9.59 Å². The van der Waals surface area contributed by atoms with E-state index in [9.17, 15) is 24.3 Å². The fraction of sp³-hybridized carbons (Fsp3) is 0.227. The molecule has 5 aromatic carbocycles. The quantitative estimate of drug-likeness (QED) is 0.0472. The molecule has 9 nitrogen and oxygen atoms in total. The molecule has 0 fully saturated rings. The number of carbonyl (C=O) groups excluding carboxylic acids is 3. The number of hydrogen-bond donors (Lipinski definition) is 3. The van der Waals surface area contributed by atoms with E-state index in [0.29, 0.717) is 34.9 Å².